The molecule has 0 saturated heterocycles. The van der Waals surface area contributed by atoms with E-state index in [0.29, 0.717) is 11.9 Å². The molecule has 5 heteroatoms. The number of rotatable bonds is 3. The maximum atomic E-state index is 3.66. The molecule has 0 atom stereocenters. The van der Waals surface area contributed by atoms with Crippen molar-refractivity contribution in [3.8, 4) is 0 Å². The van der Waals surface area contributed by atoms with Crippen molar-refractivity contribution in [3.63, 3.8) is 0 Å². The predicted octanol–water partition coefficient (Wildman–Crippen LogP) is 0.268. The Kier molecular flexibility index (Phi) is 2.20. The van der Waals surface area contributed by atoms with Crippen LogP contribution in [0.25, 0.3) is 0 Å². The van der Waals surface area contributed by atoms with Crippen LogP contribution in [0.2, 0.25) is 0 Å². The summed E-state index contributed by atoms with van der Waals surface area (Å²) in [5.41, 5.74) is 0. The van der Waals surface area contributed by atoms with Crippen molar-refractivity contribution in [2.24, 2.45) is 5.92 Å². The molecule has 0 fully saturated rings. The molecule has 10 heavy (non-hydrogen) atoms. The van der Waals surface area contributed by atoms with Crippen LogP contribution < -0.4 is 5.32 Å². The van der Waals surface area contributed by atoms with E-state index in [4.69, 9.17) is 0 Å². The van der Waals surface area contributed by atoms with Gasteiger partial charge in [0.25, 0.3) is 0 Å². The Labute approximate surface area is 59.2 Å². The number of H-pyrrole nitrogens is 1. The number of hydrogen-bond acceptors (Lipinski definition) is 4. The molecule has 0 aliphatic carbocycles. The molecule has 0 aromatic carbocycles. The van der Waals surface area contributed by atoms with E-state index in [0.717, 1.165) is 6.54 Å². The van der Waals surface area contributed by atoms with E-state index >= 15 is 0 Å². The van der Waals surface area contributed by atoms with Gasteiger partial charge in [0.05, 0.1) is 0 Å². The van der Waals surface area contributed by atoms with E-state index in [1.165, 1.54) is 0 Å². The summed E-state index contributed by atoms with van der Waals surface area (Å²) in [7, 11) is 0. The second-order valence-corrected chi connectivity index (χ2v) is 2.52. The minimum absolute atomic E-state index is 0.602. The zero-order chi connectivity index (χ0) is 7.40. The smallest absolute Gasteiger partial charge is 0.240 e. The lowest BCUT2D eigenvalue weighted by atomic mass is 10.2. The zero-order valence-corrected chi connectivity index (χ0v) is 6.13. The fraction of sp³-hybridized carbons (Fsp3) is 0.800. The first-order valence-electron chi connectivity index (χ1n) is 3.26. The summed E-state index contributed by atoms with van der Waals surface area (Å²) in [6.45, 7) is 5.13. The van der Waals surface area contributed by atoms with Crippen LogP contribution in [0.5, 0.6) is 0 Å². The molecule has 0 spiro atoms. The van der Waals surface area contributed by atoms with E-state index in [2.05, 4.69) is 39.8 Å². The molecular weight excluding hydrogens is 130 g/mol. The Balaban J connectivity index is 2.28. The van der Waals surface area contributed by atoms with Gasteiger partial charge < -0.3 is 5.32 Å². The van der Waals surface area contributed by atoms with Crippen molar-refractivity contribution in [1.29, 1.82) is 0 Å². The number of anilines is 1. The van der Waals surface area contributed by atoms with Crippen LogP contribution >= 0.6 is 0 Å². The fourth-order valence-electron chi connectivity index (χ4n) is 0.535. The molecule has 0 saturated carbocycles. The van der Waals surface area contributed by atoms with Crippen molar-refractivity contribution >= 4 is 5.95 Å². The van der Waals surface area contributed by atoms with Gasteiger partial charge in [0.2, 0.25) is 5.95 Å². The zero-order valence-electron chi connectivity index (χ0n) is 6.13. The maximum absolute atomic E-state index is 3.66. The largest absolute Gasteiger partial charge is 0.353 e. The number of hydrogen-bond donors (Lipinski definition) is 2. The van der Waals surface area contributed by atoms with Gasteiger partial charge in [0, 0.05) is 6.54 Å². The number of nitrogens with one attached hydrogen (secondary N) is 2. The quantitative estimate of drug-likeness (QED) is 0.634. The van der Waals surface area contributed by atoms with E-state index in [9.17, 15) is 0 Å². The highest BCUT2D eigenvalue weighted by molar-refractivity contribution is 5.18. The molecule has 1 rings (SSSR count). The van der Waals surface area contributed by atoms with Gasteiger partial charge in [-0.25, -0.2) is 5.10 Å². The van der Waals surface area contributed by atoms with Gasteiger partial charge in [-0.3, -0.25) is 0 Å². The topological polar surface area (TPSA) is 66.5 Å². The van der Waals surface area contributed by atoms with Crippen LogP contribution in [-0.4, -0.2) is 27.2 Å². The SMILES string of the molecule is CC(C)CNc1nnn[nH]1. The summed E-state index contributed by atoms with van der Waals surface area (Å²) in [5.74, 6) is 1.23. The highest BCUT2D eigenvalue weighted by Gasteiger charge is 1.95. The third-order valence-electron chi connectivity index (χ3n) is 1.02. The van der Waals surface area contributed by atoms with Crippen LogP contribution in [-0.2, 0) is 0 Å². The van der Waals surface area contributed by atoms with Gasteiger partial charge >= 0.3 is 0 Å². The van der Waals surface area contributed by atoms with Crippen LogP contribution in [0.3, 0.4) is 0 Å². The first-order valence-corrected chi connectivity index (χ1v) is 3.26. The molecule has 5 nitrogen and oxygen atoms in total. The summed E-state index contributed by atoms with van der Waals surface area (Å²) in [4.78, 5) is 0. The van der Waals surface area contributed by atoms with Crippen molar-refractivity contribution in [2.45, 2.75) is 13.8 Å². The van der Waals surface area contributed by atoms with Gasteiger partial charge in [0.15, 0.2) is 0 Å². The summed E-state index contributed by atoms with van der Waals surface area (Å²) in [6.07, 6.45) is 0. The Morgan fingerprint density at radius 2 is 2.40 bits per heavy atom. The summed E-state index contributed by atoms with van der Waals surface area (Å²) in [5, 5.41) is 16.1. The number of nitrogens with zero attached hydrogens (tertiary/aromatic N) is 3. The Hall–Kier alpha value is -1.13. The van der Waals surface area contributed by atoms with Gasteiger partial charge in [0.1, 0.15) is 0 Å². The highest BCUT2D eigenvalue weighted by Crippen LogP contribution is 1.94. The summed E-state index contributed by atoms with van der Waals surface area (Å²) in [6, 6.07) is 0. The Bertz CT molecular complexity index is 168. The summed E-state index contributed by atoms with van der Waals surface area (Å²) >= 11 is 0. The second-order valence-electron chi connectivity index (χ2n) is 2.52. The van der Waals surface area contributed by atoms with Crippen molar-refractivity contribution in [2.75, 3.05) is 11.9 Å². The minimum atomic E-state index is 0.602. The van der Waals surface area contributed by atoms with Crippen LogP contribution in [0.4, 0.5) is 5.95 Å². The second kappa shape index (κ2) is 3.14. The van der Waals surface area contributed by atoms with Crippen molar-refractivity contribution < 1.29 is 0 Å². The third kappa shape index (κ3) is 2.00. The lowest BCUT2D eigenvalue weighted by Gasteiger charge is -2.02. The van der Waals surface area contributed by atoms with E-state index < -0.39 is 0 Å². The number of tetrazole rings is 1. The van der Waals surface area contributed by atoms with Crippen molar-refractivity contribution in [1.82, 2.24) is 20.6 Å². The number of aromatic nitrogens is 4. The molecule has 2 N–H and O–H groups in total. The molecule has 1 aromatic rings. The van der Waals surface area contributed by atoms with Crippen LogP contribution in [0.15, 0.2) is 0 Å². The van der Waals surface area contributed by atoms with E-state index in [1.807, 2.05) is 0 Å². The standard InChI is InChI=1S/C5H11N5/c1-4(2)3-6-5-7-9-10-8-5/h4H,3H2,1-2H3,(H2,6,7,8,9,10). The maximum Gasteiger partial charge on any atom is 0.240 e. The molecular formula is C5H11N5. The fourth-order valence-corrected chi connectivity index (χ4v) is 0.535. The molecule has 0 bridgehead atoms. The molecule has 0 radical (unpaired) electrons. The molecule has 0 amide bonds. The minimum Gasteiger partial charge on any atom is -0.353 e. The third-order valence-corrected chi connectivity index (χ3v) is 1.02. The van der Waals surface area contributed by atoms with Crippen molar-refractivity contribution in [3.05, 3.63) is 0 Å². The van der Waals surface area contributed by atoms with E-state index in [1.54, 1.807) is 0 Å². The Morgan fingerprint density at radius 1 is 1.60 bits per heavy atom. The van der Waals surface area contributed by atoms with E-state index in [-0.39, 0.29) is 0 Å². The average Bonchev–Trinajstić information content (AvgIpc) is 2.34. The van der Waals surface area contributed by atoms with Crippen LogP contribution in [0.1, 0.15) is 13.8 Å². The molecule has 0 unspecified atom stereocenters. The average molecular weight is 141 g/mol. The normalized spacial score (nSPS) is 10.3. The van der Waals surface area contributed by atoms with Gasteiger partial charge in [-0.1, -0.05) is 18.9 Å². The van der Waals surface area contributed by atoms with Gasteiger partial charge in [-0.2, -0.15) is 0 Å². The first kappa shape index (κ1) is 6.98. The Morgan fingerprint density at radius 3 is 2.90 bits per heavy atom. The molecule has 0 aliphatic heterocycles. The molecule has 1 aromatic heterocycles. The van der Waals surface area contributed by atoms with Gasteiger partial charge in [-0.15, -0.1) is 0 Å². The monoisotopic (exact) mass is 141 g/mol. The summed E-state index contributed by atoms with van der Waals surface area (Å²) < 4.78 is 0. The molecule has 0 aliphatic rings. The predicted molar refractivity (Wildman–Crippen MR) is 37.5 cm³/mol. The molecule has 56 valence electrons. The number of aromatic amines is 1. The highest BCUT2D eigenvalue weighted by atomic mass is 15.5. The lowest BCUT2D eigenvalue weighted by Crippen LogP contribution is -2.08. The lowest BCUT2D eigenvalue weighted by molar-refractivity contribution is 0.685. The first-order chi connectivity index (χ1) is 4.79. The van der Waals surface area contributed by atoms with Crippen LogP contribution in [0, 0.1) is 5.92 Å². The molecule has 1 heterocycles. The van der Waals surface area contributed by atoms with Gasteiger partial charge in [-0.05, 0) is 16.3 Å².